The molecule has 0 amide bonds. The first kappa shape index (κ1) is 14.9. The zero-order valence-corrected chi connectivity index (χ0v) is 12.3. The largest absolute Gasteiger partial charge is 0.490 e. The van der Waals surface area contributed by atoms with E-state index in [0.717, 1.165) is 11.8 Å². The molecule has 0 fully saturated rings. The molecule has 4 nitrogen and oxygen atoms in total. The van der Waals surface area contributed by atoms with E-state index < -0.39 is 0 Å². The van der Waals surface area contributed by atoms with Gasteiger partial charge in [-0.15, -0.1) is 0 Å². The lowest BCUT2D eigenvalue weighted by Crippen LogP contribution is -2.03. The quantitative estimate of drug-likeness (QED) is 0.653. The summed E-state index contributed by atoms with van der Waals surface area (Å²) < 4.78 is 11.3. The Bertz CT molecular complexity index is 621. The Kier molecular flexibility index (Phi) is 4.82. The van der Waals surface area contributed by atoms with Gasteiger partial charge in [-0.25, -0.2) is 0 Å². The summed E-state index contributed by atoms with van der Waals surface area (Å²) in [6, 6.07) is 11.3. The van der Waals surface area contributed by atoms with Gasteiger partial charge in [0.05, 0.1) is 12.3 Å². The average Bonchev–Trinajstić information content (AvgIpc) is 2.48. The van der Waals surface area contributed by atoms with Crippen LogP contribution in [0.2, 0.25) is 0 Å². The molecular formula is C17H19NO3. The summed E-state index contributed by atoms with van der Waals surface area (Å²) in [5.74, 6) is 0.967. The van der Waals surface area contributed by atoms with Gasteiger partial charge in [0.1, 0.15) is 12.9 Å². The molecule has 0 saturated heterocycles. The first-order valence-corrected chi connectivity index (χ1v) is 6.84. The van der Waals surface area contributed by atoms with Gasteiger partial charge in [-0.05, 0) is 31.5 Å². The molecule has 0 saturated carbocycles. The second-order valence-corrected chi connectivity index (χ2v) is 4.76. The first-order chi connectivity index (χ1) is 10.1. The lowest BCUT2D eigenvalue weighted by molar-refractivity contribution is 0.112. The van der Waals surface area contributed by atoms with Crippen molar-refractivity contribution >= 4 is 12.0 Å². The van der Waals surface area contributed by atoms with Crippen molar-refractivity contribution in [1.82, 2.24) is 0 Å². The number of ether oxygens (including phenoxy) is 2. The maximum atomic E-state index is 10.9. The smallest absolute Gasteiger partial charge is 0.184 e. The van der Waals surface area contributed by atoms with Crippen molar-refractivity contribution in [1.29, 1.82) is 0 Å². The van der Waals surface area contributed by atoms with Crippen molar-refractivity contribution in [3.05, 3.63) is 53.1 Å². The van der Waals surface area contributed by atoms with E-state index in [1.165, 1.54) is 5.56 Å². The van der Waals surface area contributed by atoms with Gasteiger partial charge < -0.3 is 15.2 Å². The van der Waals surface area contributed by atoms with Crippen molar-refractivity contribution in [2.24, 2.45) is 0 Å². The fourth-order valence-electron chi connectivity index (χ4n) is 1.97. The molecular weight excluding hydrogens is 266 g/mol. The van der Waals surface area contributed by atoms with Gasteiger partial charge in [0.25, 0.3) is 0 Å². The van der Waals surface area contributed by atoms with Crippen molar-refractivity contribution in [2.45, 2.75) is 20.5 Å². The van der Waals surface area contributed by atoms with Crippen LogP contribution in [-0.4, -0.2) is 12.9 Å². The highest BCUT2D eigenvalue weighted by molar-refractivity contribution is 5.80. The third-order valence-corrected chi connectivity index (χ3v) is 3.05. The lowest BCUT2D eigenvalue weighted by atomic mass is 10.1. The molecule has 0 atom stereocenters. The standard InChI is InChI=1S/C17H19NO3/c1-3-20-16-9-14(10-19)8-15(18)17(16)21-11-13-6-4-12(2)5-7-13/h4-10H,3,11,18H2,1-2H3. The van der Waals surface area contributed by atoms with E-state index in [-0.39, 0.29) is 0 Å². The lowest BCUT2D eigenvalue weighted by Gasteiger charge is -2.15. The van der Waals surface area contributed by atoms with E-state index in [1.807, 2.05) is 38.1 Å². The average molecular weight is 285 g/mol. The third-order valence-electron chi connectivity index (χ3n) is 3.05. The van der Waals surface area contributed by atoms with Crippen LogP contribution in [-0.2, 0) is 6.61 Å². The number of hydrogen-bond donors (Lipinski definition) is 1. The Morgan fingerprint density at radius 2 is 1.86 bits per heavy atom. The molecule has 2 rings (SSSR count). The van der Waals surface area contributed by atoms with Gasteiger partial charge in [0.15, 0.2) is 11.5 Å². The zero-order chi connectivity index (χ0) is 15.2. The molecule has 2 aromatic carbocycles. The summed E-state index contributed by atoms with van der Waals surface area (Å²) in [5, 5.41) is 0. The maximum Gasteiger partial charge on any atom is 0.184 e. The predicted octanol–water partition coefficient (Wildman–Crippen LogP) is 3.37. The minimum absolute atomic E-state index is 0.394. The van der Waals surface area contributed by atoms with Crippen LogP contribution in [0.3, 0.4) is 0 Å². The van der Waals surface area contributed by atoms with Crippen molar-refractivity contribution in [2.75, 3.05) is 12.3 Å². The van der Waals surface area contributed by atoms with E-state index in [1.54, 1.807) is 12.1 Å². The van der Waals surface area contributed by atoms with E-state index in [0.29, 0.717) is 36.0 Å². The number of aldehydes is 1. The molecule has 0 radical (unpaired) electrons. The Morgan fingerprint density at radius 3 is 2.48 bits per heavy atom. The van der Waals surface area contributed by atoms with Gasteiger partial charge >= 0.3 is 0 Å². The molecule has 2 N–H and O–H groups in total. The van der Waals surface area contributed by atoms with Crippen LogP contribution < -0.4 is 15.2 Å². The number of rotatable bonds is 6. The fourth-order valence-corrected chi connectivity index (χ4v) is 1.97. The third kappa shape index (κ3) is 3.75. The van der Waals surface area contributed by atoms with Crippen LogP contribution in [0.4, 0.5) is 5.69 Å². The molecule has 0 aliphatic carbocycles. The van der Waals surface area contributed by atoms with Gasteiger partial charge in [-0.2, -0.15) is 0 Å². The van der Waals surface area contributed by atoms with Crippen LogP contribution in [0.5, 0.6) is 11.5 Å². The second-order valence-electron chi connectivity index (χ2n) is 4.76. The van der Waals surface area contributed by atoms with Gasteiger partial charge in [-0.3, -0.25) is 4.79 Å². The number of carbonyl (C=O) groups excluding carboxylic acids is 1. The molecule has 2 aromatic rings. The van der Waals surface area contributed by atoms with Crippen LogP contribution in [0, 0.1) is 6.92 Å². The molecule has 110 valence electrons. The summed E-state index contributed by atoms with van der Waals surface area (Å²) in [5.41, 5.74) is 9.06. The molecule has 21 heavy (non-hydrogen) atoms. The molecule has 0 aliphatic rings. The SMILES string of the molecule is CCOc1cc(C=O)cc(N)c1OCc1ccc(C)cc1. The second kappa shape index (κ2) is 6.79. The number of nitrogens with two attached hydrogens (primary N) is 1. The minimum Gasteiger partial charge on any atom is -0.490 e. The van der Waals surface area contributed by atoms with Crippen LogP contribution in [0.1, 0.15) is 28.4 Å². The number of anilines is 1. The topological polar surface area (TPSA) is 61.5 Å². The molecule has 0 aromatic heterocycles. The normalized spacial score (nSPS) is 10.2. The molecule has 0 heterocycles. The van der Waals surface area contributed by atoms with E-state index >= 15 is 0 Å². The molecule has 0 spiro atoms. The van der Waals surface area contributed by atoms with E-state index in [9.17, 15) is 4.79 Å². The molecule has 0 aliphatic heterocycles. The van der Waals surface area contributed by atoms with Crippen LogP contribution >= 0.6 is 0 Å². The summed E-state index contributed by atoms with van der Waals surface area (Å²) in [6.45, 7) is 4.77. The highest BCUT2D eigenvalue weighted by Gasteiger charge is 2.12. The van der Waals surface area contributed by atoms with Crippen LogP contribution in [0.25, 0.3) is 0 Å². The van der Waals surface area contributed by atoms with Crippen LogP contribution in [0.15, 0.2) is 36.4 Å². The number of nitrogen functional groups attached to an aromatic ring is 1. The summed E-state index contributed by atoms with van der Waals surface area (Å²) >= 11 is 0. The van der Waals surface area contributed by atoms with Crippen molar-refractivity contribution < 1.29 is 14.3 Å². The van der Waals surface area contributed by atoms with E-state index in [4.69, 9.17) is 15.2 Å². The monoisotopic (exact) mass is 285 g/mol. The van der Waals surface area contributed by atoms with Crippen molar-refractivity contribution in [3.8, 4) is 11.5 Å². The first-order valence-electron chi connectivity index (χ1n) is 6.84. The molecule has 0 bridgehead atoms. The molecule has 0 unspecified atom stereocenters. The summed E-state index contributed by atoms with van der Waals surface area (Å²) in [6.07, 6.45) is 0.739. The summed E-state index contributed by atoms with van der Waals surface area (Å²) in [4.78, 5) is 10.9. The highest BCUT2D eigenvalue weighted by atomic mass is 16.5. The van der Waals surface area contributed by atoms with E-state index in [2.05, 4.69) is 0 Å². The number of benzene rings is 2. The Labute approximate surface area is 124 Å². The number of aryl methyl sites for hydroxylation is 1. The zero-order valence-electron chi connectivity index (χ0n) is 12.3. The van der Waals surface area contributed by atoms with Crippen molar-refractivity contribution in [3.63, 3.8) is 0 Å². The Morgan fingerprint density at radius 1 is 1.14 bits per heavy atom. The Balaban J connectivity index is 2.21. The van der Waals surface area contributed by atoms with Gasteiger partial charge in [0.2, 0.25) is 0 Å². The van der Waals surface area contributed by atoms with Gasteiger partial charge in [0, 0.05) is 5.56 Å². The Hall–Kier alpha value is -2.49. The summed E-state index contributed by atoms with van der Waals surface area (Å²) in [7, 11) is 0. The fraction of sp³-hybridized carbons (Fsp3) is 0.235. The number of carbonyl (C=O) groups is 1. The van der Waals surface area contributed by atoms with Gasteiger partial charge in [-0.1, -0.05) is 29.8 Å². The highest BCUT2D eigenvalue weighted by Crippen LogP contribution is 2.35. The predicted molar refractivity (Wildman–Crippen MR) is 82.9 cm³/mol. The maximum absolute atomic E-state index is 10.9. The minimum atomic E-state index is 0.394. The number of hydrogen-bond acceptors (Lipinski definition) is 4. The molecule has 4 heteroatoms.